The van der Waals surface area contributed by atoms with Crippen molar-refractivity contribution in [3.05, 3.63) is 15.9 Å². The van der Waals surface area contributed by atoms with Gasteiger partial charge in [0.2, 0.25) is 33.7 Å². The minimum Gasteiger partial charge on any atom is -0.379 e. The Morgan fingerprint density at radius 3 is 1.51 bits per heavy atom. The molecule has 2 aromatic heterocycles. The van der Waals surface area contributed by atoms with Gasteiger partial charge in [-0.05, 0) is 48.7 Å². The van der Waals surface area contributed by atoms with Crippen molar-refractivity contribution in [3.63, 3.8) is 0 Å². The number of hydrogen-bond donors (Lipinski definition) is 1. The number of morpholine rings is 2. The van der Waals surface area contributed by atoms with Gasteiger partial charge in [0, 0.05) is 25.2 Å². The van der Waals surface area contributed by atoms with Crippen molar-refractivity contribution in [3.8, 4) is 0 Å². The Labute approximate surface area is 299 Å². The molecule has 19 heteroatoms. The lowest BCUT2D eigenvalue weighted by Crippen LogP contribution is -2.71. The van der Waals surface area contributed by atoms with Gasteiger partial charge >= 0.3 is 0 Å². The number of nitrogens with one attached hydrogen (secondary N) is 1. The normalized spacial score (nSPS) is 37.0. The molecule has 268 valence electrons. The Kier molecular flexibility index (Phi) is 9.65. The predicted molar refractivity (Wildman–Crippen MR) is 179 cm³/mol. The molecule has 8 saturated heterocycles. The lowest BCUT2D eigenvalue weighted by Gasteiger charge is -2.55. The van der Waals surface area contributed by atoms with Gasteiger partial charge in [-0.15, -0.1) is 0 Å². The molecule has 0 amide bonds. The quantitative estimate of drug-likeness (QED) is 0.477. The topological polar surface area (TPSA) is 154 Å². The van der Waals surface area contributed by atoms with E-state index in [0.29, 0.717) is 75.0 Å². The van der Waals surface area contributed by atoms with E-state index in [9.17, 15) is 0 Å². The molecule has 1 N–H and O–H groups in total. The molecule has 4 unspecified atom stereocenters. The van der Waals surface area contributed by atoms with Crippen molar-refractivity contribution in [1.29, 1.82) is 0 Å². The zero-order chi connectivity index (χ0) is 33.8. The zero-order valence-electron chi connectivity index (χ0n) is 27.5. The van der Waals surface area contributed by atoms with Crippen molar-refractivity contribution in [2.75, 3.05) is 107 Å². The van der Waals surface area contributed by atoms with Crippen LogP contribution >= 0.6 is 34.8 Å². The lowest BCUT2D eigenvalue weighted by atomic mass is 9.69. The molecule has 10 rings (SSSR count). The first-order chi connectivity index (χ1) is 23.8. The second kappa shape index (κ2) is 13.9. The van der Waals surface area contributed by atoms with E-state index in [-0.39, 0.29) is 45.4 Å². The monoisotopic (exact) mass is 742 g/mol. The van der Waals surface area contributed by atoms with Gasteiger partial charge in [-0.25, -0.2) is 0 Å². The average molecular weight is 744 g/mol. The van der Waals surface area contributed by atoms with Crippen molar-refractivity contribution in [2.45, 2.75) is 50.1 Å². The van der Waals surface area contributed by atoms with Gasteiger partial charge in [0.15, 0.2) is 0 Å². The van der Waals surface area contributed by atoms with Crippen molar-refractivity contribution in [1.82, 2.24) is 35.2 Å². The highest BCUT2D eigenvalue weighted by molar-refractivity contribution is 6.31. The molecule has 16 nitrogen and oxygen atoms in total. The summed E-state index contributed by atoms with van der Waals surface area (Å²) in [6.45, 7) is 14.7. The van der Waals surface area contributed by atoms with Crippen LogP contribution in [0.1, 0.15) is 13.8 Å². The molecule has 8 aliphatic rings. The molecular formula is C30H41Cl3N10O6. The summed E-state index contributed by atoms with van der Waals surface area (Å²) in [5, 5.41) is 3.90. The molecule has 0 aromatic carbocycles. The first kappa shape index (κ1) is 34.1. The van der Waals surface area contributed by atoms with Gasteiger partial charge in [-0.3, -0.25) is 0 Å². The molecule has 8 aliphatic heterocycles. The first-order valence-corrected chi connectivity index (χ1v) is 17.9. The third kappa shape index (κ3) is 6.19. The number of halogens is 3. The molecule has 49 heavy (non-hydrogen) atoms. The number of hydrogen-bond acceptors (Lipinski definition) is 16. The highest BCUT2D eigenvalue weighted by Gasteiger charge is 2.67. The molecule has 6 atom stereocenters. The fourth-order valence-corrected chi connectivity index (χ4v) is 8.73. The first-order valence-electron chi connectivity index (χ1n) is 16.8. The standard InChI is InChI=1S/C15H20ClN5O3.C8H10Cl2N4O.C7H11NO2/c1-9-4-22-3-2-20(9)13-17-12(16)18-14(19-13)21-10-5-23-7-15(10)8-24-6-11(15)21;1-5-4-15-3-2-14(5)8-12-6(9)11-7(10)13-8;1-5-7(3-9-1)4-10-2-6(7)8-5/h9-11H,2-8H2,1H3;5H,2-4H2,1H3;5-6,8H,1-4H2/t9-,10?,11?,15?;5-;/m11./s1. The van der Waals surface area contributed by atoms with E-state index in [1.807, 2.05) is 11.8 Å². The Balaban J connectivity index is 0.000000118. The number of anilines is 3. The van der Waals surface area contributed by atoms with Gasteiger partial charge < -0.3 is 48.4 Å². The van der Waals surface area contributed by atoms with E-state index in [2.05, 4.69) is 47.0 Å². The number of nitrogens with zero attached hydrogens (tertiary/aromatic N) is 9. The summed E-state index contributed by atoms with van der Waals surface area (Å²) in [6, 6.07) is 2.15. The summed E-state index contributed by atoms with van der Waals surface area (Å²) in [5.41, 5.74) is 0.492. The third-order valence-electron chi connectivity index (χ3n) is 11.0. The summed E-state index contributed by atoms with van der Waals surface area (Å²) in [7, 11) is 0. The average Bonchev–Trinajstić information content (AvgIpc) is 3.81. The van der Waals surface area contributed by atoms with Gasteiger partial charge in [0.1, 0.15) is 0 Å². The largest absolute Gasteiger partial charge is 0.379 e. The summed E-state index contributed by atoms with van der Waals surface area (Å²) < 4.78 is 33.1. The summed E-state index contributed by atoms with van der Waals surface area (Å²) in [5.74, 6) is 1.76. The Bertz CT molecular complexity index is 1460. The van der Waals surface area contributed by atoms with Crippen LogP contribution < -0.4 is 20.0 Å². The minimum absolute atomic E-state index is 0.103. The minimum atomic E-state index is 0.103. The third-order valence-corrected chi connectivity index (χ3v) is 11.5. The van der Waals surface area contributed by atoms with E-state index in [0.717, 1.165) is 52.7 Å². The zero-order valence-corrected chi connectivity index (χ0v) is 29.7. The van der Waals surface area contributed by atoms with Crippen molar-refractivity contribution in [2.24, 2.45) is 10.8 Å². The van der Waals surface area contributed by atoms with Gasteiger partial charge in [0.05, 0.1) is 114 Å². The molecule has 10 heterocycles. The van der Waals surface area contributed by atoms with E-state index in [4.69, 9.17) is 68.2 Å². The predicted octanol–water partition coefficient (Wildman–Crippen LogP) is 1.13. The molecule has 2 spiro atoms. The van der Waals surface area contributed by atoms with Crippen LogP contribution in [0.25, 0.3) is 0 Å². The molecule has 0 radical (unpaired) electrons. The van der Waals surface area contributed by atoms with Crippen LogP contribution in [0.15, 0.2) is 0 Å². The lowest BCUT2D eigenvalue weighted by molar-refractivity contribution is 0.0758. The molecule has 8 fully saturated rings. The molecule has 0 bridgehead atoms. The fraction of sp³-hybridized carbons (Fsp3) is 0.800. The van der Waals surface area contributed by atoms with E-state index >= 15 is 0 Å². The second-order valence-electron chi connectivity index (χ2n) is 13.9. The maximum Gasteiger partial charge on any atom is 0.232 e. The van der Waals surface area contributed by atoms with E-state index < -0.39 is 0 Å². The Morgan fingerprint density at radius 2 is 1.00 bits per heavy atom. The van der Waals surface area contributed by atoms with Crippen LogP contribution in [0.4, 0.5) is 17.8 Å². The van der Waals surface area contributed by atoms with Crippen LogP contribution in [-0.2, 0) is 28.4 Å². The number of ether oxygens (including phenoxy) is 6. The smallest absolute Gasteiger partial charge is 0.232 e. The van der Waals surface area contributed by atoms with E-state index in [1.54, 1.807) is 0 Å². The molecule has 0 saturated carbocycles. The van der Waals surface area contributed by atoms with Crippen molar-refractivity contribution >= 4 is 52.6 Å². The Hall–Kier alpha value is -1.99. The van der Waals surface area contributed by atoms with Crippen LogP contribution in [0, 0.1) is 10.8 Å². The highest BCUT2D eigenvalue weighted by Crippen LogP contribution is 2.53. The summed E-state index contributed by atoms with van der Waals surface area (Å²) in [4.78, 5) is 31.6. The number of aromatic nitrogens is 6. The molecule has 2 aromatic rings. The summed E-state index contributed by atoms with van der Waals surface area (Å²) in [6.07, 6.45) is 0. The maximum atomic E-state index is 6.22. The van der Waals surface area contributed by atoms with Crippen LogP contribution in [0.5, 0.6) is 0 Å². The fourth-order valence-electron chi connectivity index (χ4n) is 8.22. The highest BCUT2D eigenvalue weighted by atomic mass is 35.5. The van der Waals surface area contributed by atoms with E-state index in [1.165, 1.54) is 0 Å². The van der Waals surface area contributed by atoms with Crippen LogP contribution in [0.2, 0.25) is 15.9 Å². The van der Waals surface area contributed by atoms with Gasteiger partial charge in [0.25, 0.3) is 0 Å². The second-order valence-corrected chi connectivity index (χ2v) is 14.9. The molecular weight excluding hydrogens is 703 g/mol. The van der Waals surface area contributed by atoms with Crippen LogP contribution in [-0.4, -0.2) is 159 Å². The number of rotatable bonds is 3. The molecule has 0 aliphatic carbocycles. The summed E-state index contributed by atoms with van der Waals surface area (Å²) >= 11 is 17.6. The van der Waals surface area contributed by atoms with Crippen LogP contribution in [0.3, 0.4) is 0 Å². The maximum absolute atomic E-state index is 6.22. The SMILES string of the molecule is C1OCC23COCC2NC13.C[C@@H]1COCCN1c1nc(Cl)nc(Cl)n1.C[C@@H]1COCCN1c1nc(Cl)nc(N2C3COCC34COCC24)n1. The van der Waals surface area contributed by atoms with Crippen molar-refractivity contribution < 1.29 is 28.4 Å². The van der Waals surface area contributed by atoms with Gasteiger partial charge in [-0.2, -0.15) is 29.9 Å². The Morgan fingerprint density at radius 1 is 0.551 bits per heavy atom. The van der Waals surface area contributed by atoms with Gasteiger partial charge in [-0.1, -0.05) is 0 Å².